The molecule has 1 fully saturated rings. The van der Waals surface area contributed by atoms with Gasteiger partial charge in [-0.1, -0.05) is 55.5 Å². The first-order valence-corrected chi connectivity index (χ1v) is 9.98. The molecule has 0 aromatic carbocycles. The SMILES string of the molecule is CC/C=C\C/C=C\C[C@@H]1O[C@@H]([C@H](O)/C=C/[C@@H](O)C/C=C\CCC(=O)O)C[C@H]1O. The summed E-state index contributed by atoms with van der Waals surface area (Å²) in [6.07, 6.45) is 15.2. The van der Waals surface area contributed by atoms with Crippen molar-refractivity contribution in [1.82, 2.24) is 0 Å². The normalized spacial score (nSPS) is 25.5. The van der Waals surface area contributed by atoms with Crippen LogP contribution in [0, 0.1) is 0 Å². The fourth-order valence-corrected chi connectivity index (χ4v) is 2.87. The molecule has 6 heteroatoms. The molecule has 158 valence electrons. The Labute approximate surface area is 167 Å². The van der Waals surface area contributed by atoms with E-state index in [9.17, 15) is 20.1 Å². The topological polar surface area (TPSA) is 107 Å². The van der Waals surface area contributed by atoms with Gasteiger partial charge in [0.05, 0.1) is 30.5 Å². The Morgan fingerprint density at radius 3 is 2.57 bits per heavy atom. The van der Waals surface area contributed by atoms with Crippen LogP contribution in [-0.4, -0.2) is 56.9 Å². The molecule has 4 N–H and O–H groups in total. The fraction of sp³-hybridized carbons (Fsp3) is 0.591. The van der Waals surface area contributed by atoms with E-state index in [0.717, 1.165) is 12.8 Å². The average Bonchev–Trinajstić information content (AvgIpc) is 3.03. The molecule has 0 unspecified atom stereocenters. The number of aliphatic hydroxyl groups is 3. The molecule has 1 heterocycles. The summed E-state index contributed by atoms with van der Waals surface area (Å²) in [5, 5.41) is 38.8. The van der Waals surface area contributed by atoms with E-state index in [0.29, 0.717) is 25.7 Å². The van der Waals surface area contributed by atoms with Gasteiger partial charge in [0.2, 0.25) is 0 Å². The Bertz CT molecular complexity index is 551. The first-order valence-electron chi connectivity index (χ1n) is 9.98. The number of aliphatic carboxylic acids is 1. The average molecular weight is 395 g/mol. The standard InChI is InChI=1S/C22H34O6/c1-2-3-4-5-6-9-12-20-19(25)16-21(28-20)18(24)15-14-17(23)11-8-7-10-13-22(26)27/h3-4,6-9,14-15,17-21,23-25H,2,5,10-13,16H2,1H3,(H,26,27)/b4-3-,8-7-,9-6-,15-14+/t17-,18+,19+,20-,21+/m0/s1. The van der Waals surface area contributed by atoms with E-state index in [-0.39, 0.29) is 12.5 Å². The first-order chi connectivity index (χ1) is 13.4. The molecule has 1 aliphatic heterocycles. The molecule has 0 aromatic rings. The molecule has 1 aliphatic rings. The maximum atomic E-state index is 10.4. The summed E-state index contributed by atoms with van der Waals surface area (Å²) in [7, 11) is 0. The number of carboxylic acids is 1. The molecule has 0 aromatic heterocycles. The van der Waals surface area contributed by atoms with Crippen LogP contribution in [0.2, 0.25) is 0 Å². The van der Waals surface area contributed by atoms with Crippen molar-refractivity contribution >= 4 is 5.97 Å². The van der Waals surface area contributed by atoms with Crippen LogP contribution in [0.3, 0.4) is 0 Å². The third-order valence-corrected chi connectivity index (χ3v) is 4.44. The Morgan fingerprint density at radius 2 is 1.86 bits per heavy atom. The van der Waals surface area contributed by atoms with Crippen LogP contribution in [0.25, 0.3) is 0 Å². The molecule has 0 radical (unpaired) electrons. The number of ether oxygens (including phenoxy) is 1. The minimum Gasteiger partial charge on any atom is -0.481 e. The highest BCUT2D eigenvalue weighted by Gasteiger charge is 2.36. The number of rotatable bonds is 13. The number of carboxylic acid groups (broad SMARTS) is 1. The number of carbonyl (C=O) groups is 1. The summed E-state index contributed by atoms with van der Waals surface area (Å²) in [6.45, 7) is 2.08. The Balaban J connectivity index is 2.33. The molecule has 5 atom stereocenters. The molecule has 1 rings (SSSR count). The second-order valence-electron chi connectivity index (χ2n) is 6.92. The van der Waals surface area contributed by atoms with Crippen LogP contribution in [0.15, 0.2) is 48.6 Å². The third-order valence-electron chi connectivity index (χ3n) is 4.44. The fourth-order valence-electron chi connectivity index (χ4n) is 2.87. The van der Waals surface area contributed by atoms with Gasteiger partial charge in [0.15, 0.2) is 0 Å². The summed E-state index contributed by atoms with van der Waals surface area (Å²) >= 11 is 0. The van der Waals surface area contributed by atoms with Crippen LogP contribution in [0.4, 0.5) is 0 Å². The van der Waals surface area contributed by atoms with E-state index in [1.54, 1.807) is 12.2 Å². The number of hydrogen-bond donors (Lipinski definition) is 4. The predicted octanol–water partition coefficient (Wildman–Crippen LogP) is 2.90. The van der Waals surface area contributed by atoms with E-state index in [4.69, 9.17) is 9.84 Å². The van der Waals surface area contributed by atoms with Gasteiger partial charge in [0.25, 0.3) is 0 Å². The smallest absolute Gasteiger partial charge is 0.303 e. The van der Waals surface area contributed by atoms with E-state index in [1.165, 1.54) is 12.2 Å². The second kappa shape index (κ2) is 14.3. The zero-order chi connectivity index (χ0) is 20.8. The van der Waals surface area contributed by atoms with Gasteiger partial charge in [-0.2, -0.15) is 0 Å². The Hall–Kier alpha value is -1.73. The lowest BCUT2D eigenvalue weighted by molar-refractivity contribution is -0.136. The third kappa shape index (κ3) is 10.6. The van der Waals surface area contributed by atoms with Gasteiger partial charge >= 0.3 is 5.97 Å². The van der Waals surface area contributed by atoms with Gasteiger partial charge in [-0.15, -0.1) is 0 Å². The van der Waals surface area contributed by atoms with E-state index in [2.05, 4.69) is 19.1 Å². The Kier molecular flexibility index (Phi) is 12.4. The first kappa shape index (κ1) is 24.3. The zero-order valence-electron chi connectivity index (χ0n) is 16.6. The van der Waals surface area contributed by atoms with Gasteiger partial charge in [0, 0.05) is 12.8 Å². The van der Waals surface area contributed by atoms with Crippen molar-refractivity contribution in [2.75, 3.05) is 0 Å². The lowest BCUT2D eigenvalue weighted by Gasteiger charge is -2.16. The minimum absolute atomic E-state index is 0.0638. The molecule has 0 bridgehead atoms. The molecule has 28 heavy (non-hydrogen) atoms. The summed E-state index contributed by atoms with van der Waals surface area (Å²) in [6, 6.07) is 0. The van der Waals surface area contributed by atoms with Gasteiger partial charge in [-0.3, -0.25) is 4.79 Å². The van der Waals surface area contributed by atoms with Crippen molar-refractivity contribution in [2.24, 2.45) is 0 Å². The molecule has 0 aliphatic carbocycles. The summed E-state index contributed by atoms with van der Waals surface area (Å²) in [5.41, 5.74) is 0. The zero-order valence-corrected chi connectivity index (χ0v) is 16.6. The van der Waals surface area contributed by atoms with E-state index < -0.39 is 30.4 Å². The number of hydrogen-bond acceptors (Lipinski definition) is 5. The molecule has 1 saturated heterocycles. The molecule has 0 spiro atoms. The van der Waals surface area contributed by atoms with Crippen LogP contribution in [-0.2, 0) is 9.53 Å². The number of allylic oxidation sites excluding steroid dienone is 4. The summed E-state index contributed by atoms with van der Waals surface area (Å²) < 4.78 is 5.76. The van der Waals surface area contributed by atoms with Crippen molar-refractivity contribution in [2.45, 2.75) is 82.4 Å². The maximum absolute atomic E-state index is 10.4. The lowest BCUT2D eigenvalue weighted by Crippen LogP contribution is -2.24. The monoisotopic (exact) mass is 394 g/mol. The predicted molar refractivity (Wildman–Crippen MR) is 109 cm³/mol. The van der Waals surface area contributed by atoms with Crippen LogP contribution in [0.5, 0.6) is 0 Å². The van der Waals surface area contributed by atoms with Crippen molar-refractivity contribution in [1.29, 1.82) is 0 Å². The van der Waals surface area contributed by atoms with Crippen molar-refractivity contribution in [3.8, 4) is 0 Å². The highest BCUT2D eigenvalue weighted by atomic mass is 16.5. The molecular formula is C22H34O6. The molecule has 6 nitrogen and oxygen atoms in total. The van der Waals surface area contributed by atoms with Gasteiger partial charge in [-0.25, -0.2) is 0 Å². The van der Waals surface area contributed by atoms with Crippen LogP contribution < -0.4 is 0 Å². The van der Waals surface area contributed by atoms with Crippen LogP contribution in [0.1, 0.15) is 51.9 Å². The van der Waals surface area contributed by atoms with E-state index in [1.807, 2.05) is 12.2 Å². The summed E-state index contributed by atoms with van der Waals surface area (Å²) in [4.78, 5) is 10.4. The van der Waals surface area contributed by atoms with Crippen molar-refractivity contribution < 1.29 is 30.0 Å². The maximum Gasteiger partial charge on any atom is 0.303 e. The van der Waals surface area contributed by atoms with Crippen molar-refractivity contribution in [3.05, 3.63) is 48.6 Å². The molecule has 0 saturated carbocycles. The van der Waals surface area contributed by atoms with Gasteiger partial charge < -0.3 is 25.2 Å². The molecule has 0 amide bonds. The highest BCUT2D eigenvalue weighted by Crippen LogP contribution is 2.26. The summed E-state index contributed by atoms with van der Waals surface area (Å²) in [5.74, 6) is -0.853. The largest absolute Gasteiger partial charge is 0.481 e. The minimum atomic E-state index is -0.901. The van der Waals surface area contributed by atoms with Crippen molar-refractivity contribution in [3.63, 3.8) is 0 Å². The van der Waals surface area contributed by atoms with Gasteiger partial charge in [0.1, 0.15) is 0 Å². The van der Waals surface area contributed by atoms with Gasteiger partial charge in [-0.05, 0) is 32.1 Å². The molecular weight excluding hydrogens is 360 g/mol. The highest BCUT2D eigenvalue weighted by molar-refractivity contribution is 5.66. The second-order valence-corrected chi connectivity index (χ2v) is 6.92. The van der Waals surface area contributed by atoms with Crippen LogP contribution >= 0.6 is 0 Å². The Morgan fingerprint density at radius 1 is 1.11 bits per heavy atom. The lowest BCUT2D eigenvalue weighted by atomic mass is 10.0. The quantitative estimate of drug-likeness (QED) is 0.358. The van der Waals surface area contributed by atoms with E-state index >= 15 is 0 Å². The number of aliphatic hydroxyl groups excluding tert-OH is 3.